The van der Waals surface area contributed by atoms with E-state index in [1.54, 1.807) is 48.5 Å². The number of sulfone groups is 1. The molecule has 6 heteroatoms. The lowest BCUT2D eigenvalue weighted by molar-refractivity contribution is 0.0934. The van der Waals surface area contributed by atoms with Crippen LogP contribution in [0.2, 0.25) is 5.02 Å². The third-order valence-electron chi connectivity index (χ3n) is 3.72. The minimum atomic E-state index is -3.25. The maximum absolute atomic E-state index is 12.3. The monoisotopic (exact) mass is 335 g/mol. The van der Waals surface area contributed by atoms with E-state index >= 15 is 0 Å². The molecule has 1 atom stereocenters. The quantitative estimate of drug-likeness (QED) is 0.917. The molecule has 2 aromatic carbocycles. The molecular weight excluding hydrogens is 322 g/mol. The van der Waals surface area contributed by atoms with Crippen LogP contribution in [0.3, 0.4) is 0 Å². The minimum absolute atomic E-state index is 0.0373. The van der Waals surface area contributed by atoms with Crippen molar-refractivity contribution in [1.29, 1.82) is 0 Å². The highest BCUT2D eigenvalue weighted by Crippen LogP contribution is 2.32. The van der Waals surface area contributed by atoms with Crippen molar-refractivity contribution in [3.05, 3.63) is 64.7 Å². The lowest BCUT2D eigenvalue weighted by Gasteiger charge is -2.26. The maximum atomic E-state index is 12.3. The van der Waals surface area contributed by atoms with Crippen molar-refractivity contribution in [1.82, 2.24) is 5.32 Å². The zero-order valence-electron chi connectivity index (χ0n) is 11.6. The van der Waals surface area contributed by atoms with Gasteiger partial charge < -0.3 is 5.32 Å². The number of carbonyl (C=O) groups excluding carboxylic acids is 1. The number of fused-ring (bicyclic) bond motifs is 1. The van der Waals surface area contributed by atoms with Gasteiger partial charge in [-0.1, -0.05) is 29.8 Å². The standard InChI is InChI=1S/C16H14ClNO3S/c17-12-7-5-11(6-8-12)16(19)18-14-9-10-22(20,21)15-4-2-1-3-13(14)15/h1-8,14H,9-10H2,(H,18,19). The predicted molar refractivity (Wildman–Crippen MR) is 84.8 cm³/mol. The molecule has 0 saturated heterocycles. The lowest BCUT2D eigenvalue weighted by atomic mass is 10.0. The van der Waals surface area contributed by atoms with E-state index in [0.29, 0.717) is 27.5 Å². The van der Waals surface area contributed by atoms with Gasteiger partial charge in [0.2, 0.25) is 0 Å². The van der Waals surface area contributed by atoms with Gasteiger partial charge in [-0.3, -0.25) is 4.79 Å². The van der Waals surface area contributed by atoms with Crippen LogP contribution in [0.5, 0.6) is 0 Å². The van der Waals surface area contributed by atoms with Crippen molar-refractivity contribution in [2.24, 2.45) is 0 Å². The molecule has 0 spiro atoms. The van der Waals surface area contributed by atoms with E-state index in [1.807, 2.05) is 0 Å². The summed E-state index contributed by atoms with van der Waals surface area (Å²) in [6, 6.07) is 13.1. The fourth-order valence-corrected chi connectivity index (χ4v) is 4.33. The molecule has 0 radical (unpaired) electrons. The van der Waals surface area contributed by atoms with Crippen LogP contribution in [-0.4, -0.2) is 20.1 Å². The van der Waals surface area contributed by atoms with Crippen LogP contribution in [-0.2, 0) is 9.84 Å². The van der Waals surface area contributed by atoms with Gasteiger partial charge in [0.15, 0.2) is 9.84 Å². The summed E-state index contributed by atoms with van der Waals surface area (Å²) < 4.78 is 24.2. The van der Waals surface area contributed by atoms with Gasteiger partial charge >= 0.3 is 0 Å². The summed E-state index contributed by atoms with van der Waals surface area (Å²) in [5.74, 6) is -0.203. The molecule has 1 N–H and O–H groups in total. The Balaban J connectivity index is 1.87. The number of carbonyl (C=O) groups is 1. The van der Waals surface area contributed by atoms with Gasteiger partial charge in [0, 0.05) is 10.6 Å². The first-order valence-electron chi connectivity index (χ1n) is 6.85. The van der Waals surface area contributed by atoms with Crippen LogP contribution in [0.4, 0.5) is 0 Å². The zero-order chi connectivity index (χ0) is 15.7. The normalized spacial score (nSPS) is 19.2. The summed E-state index contributed by atoms with van der Waals surface area (Å²) in [7, 11) is -3.25. The second-order valence-corrected chi connectivity index (χ2v) is 7.69. The molecule has 1 heterocycles. The van der Waals surface area contributed by atoms with E-state index in [1.165, 1.54) is 0 Å². The Bertz CT molecular complexity index is 816. The third kappa shape index (κ3) is 2.87. The molecule has 0 fully saturated rings. The molecule has 0 bridgehead atoms. The average Bonchev–Trinajstić information content (AvgIpc) is 2.51. The van der Waals surface area contributed by atoms with Gasteiger partial charge in [-0.2, -0.15) is 0 Å². The highest BCUT2D eigenvalue weighted by molar-refractivity contribution is 7.91. The van der Waals surface area contributed by atoms with E-state index in [-0.39, 0.29) is 17.7 Å². The summed E-state index contributed by atoms with van der Waals surface area (Å²) in [4.78, 5) is 12.6. The van der Waals surface area contributed by atoms with E-state index < -0.39 is 9.84 Å². The summed E-state index contributed by atoms with van der Waals surface area (Å²) in [5.41, 5.74) is 1.14. The molecule has 22 heavy (non-hydrogen) atoms. The summed E-state index contributed by atoms with van der Waals surface area (Å²) >= 11 is 5.81. The SMILES string of the molecule is O=C(NC1CCS(=O)(=O)c2ccccc21)c1ccc(Cl)cc1. The van der Waals surface area contributed by atoms with Crippen LogP contribution in [0.15, 0.2) is 53.4 Å². The van der Waals surface area contributed by atoms with Gasteiger partial charge in [0.1, 0.15) is 0 Å². The molecule has 1 aliphatic heterocycles. The maximum Gasteiger partial charge on any atom is 0.251 e. The largest absolute Gasteiger partial charge is 0.345 e. The van der Waals surface area contributed by atoms with Crippen LogP contribution in [0.1, 0.15) is 28.4 Å². The molecular formula is C16H14ClNO3S. The Morgan fingerprint density at radius 3 is 2.50 bits per heavy atom. The Morgan fingerprint density at radius 2 is 1.77 bits per heavy atom. The highest BCUT2D eigenvalue weighted by atomic mass is 35.5. The molecule has 114 valence electrons. The number of rotatable bonds is 2. The van der Waals surface area contributed by atoms with Crippen LogP contribution < -0.4 is 5.32 Å². The molecule has 0 saturated carbocycles. The molecule has 1 aliphatic rings. The molecule has 4 nitrogen and oxygen atoms in total. The number of hydrogen-bond acceptors (Lipinski definition) is 3. The van der Waals surface area contributed by atoms with E-state index in [2.05, 4.69) is 5.32 Å². The Hall–Kier alpha value is -1.85. The number of nitrogens with one attached hydrogen (secondary N) is 1. The first-order valence-corrected chi connectivity index (χ1v) is 8.88. The molecule has 0 aliphatic carbocycles. The van der Waals surface area contributed by atoms with Crippen LogP contribution >= 0.6 is 11.6 Å². The Labute approximate surface area is 134 Å². The van der Waals surface area contributed by atoms with Crippen molar-refractivity contribution in [3.8, 4) is 0 Å². The number of benzene rings is 2. The third-order valence-corrected chi connectivity index (χ3v) is 5.78. The van der Waals surface area contributed by atoms with Gasteiger partial charge in [-0.05, 0) is 42.3 Å². The number of amides is 1. The van der Waals surface area contributed by atoms with Crippen molar-refractivity contribution in [2.75, 3.05) is 5.75 Å². The Kier molecular flexibility index (Phi) is 3.93. The summed E-state index contributed by atoms with van der Waals surface area (Å²) in [6.07, 6.45) is 0.374. The van der Waals surface area contributed by atoms with E-state index in [9.17, 15) is 13.2 Å². The average molecular weight is 336 g/mol. The lowest BCUT2D eigenvalue weighted by Crippen LogP contribution is -2.33. The van der Waals surface area contributed by atoms with Gasteiger partial charge in [0.25, 0.3) is 5.91 Å². The van der Waals surface area contributed by atoms with E-state index in [4.69, 9.17) is 11.6 Å². The summed E-state index contributed by atoms with van der Waals surface area (Å²) in [5, 5.41) is 3.46. The predicted octanol–water partition coefficient (Wildman–Crippen LogP) is 2.99. The molecule has 3 rings (SSSR count). The Morgan fingerprint density at radius 1 is 1.09 bits per heavy atom. The molecule has 0 aromatic heterocycles. The van der Waals surface area contributed by atoms with Crippen molar-refractivity contribution < 1.29 is 13.2 Å². The fraction of sp³-hybridized carbons (Fsp3) is 0.188. The van der Waals surface area contributed by atoms with Crippen molar-refractivity contribution in [3.63, 3.8) is 0 Å². The van der Waals surface area contributed by atoms with Gasteiger partial charge in [0.05, 0.1) is 16.7 Å². The van der Waals surface area contributed by atoms with Gasteiger partial charge in [-0.25, -0.2) is 8.42 Å². The first-order chi connectivity index (χ1) is 10.5. The summed E-state index contributed by atoms with van der Waals surface area (Å²) in [6.45, 7) is 0. The highest BCUT2D eigenvalue weighted by Gasteiger charge is 2.30. The van der Waals surface area contributed by atoms with E-state index in [0.717, 1.165) is 0 Å². The second-order valence-electron chi connectivity index (χ2n) is 5.18. The molecule has 1 amide bonds. The minimum Gasteiger partial charge on any atom is -0.345 e. The van der Waals surface area contributed by atoms with Crippen molar-refractivity contribution in [2.45, 2.75) is 17.4 Å². The molecule has 2 aromatic rings. The fourth-order valence-electron chi connectivity index (χ4n) is 2.58. The van der Waals surface area contributed by atoms with Crippen LogP contribution in [0.25, 0.3) is 0 Å². The number of hydrogen-bond donors (Lipinski definition) is 1. The molecule has 1 unspecified atom stereocenters. The number of halogens is 1. The second kappa shape index (κ2) is 5.74. The van der Waals surface area contributed by atoms with Crippen LogP contribution in [0, 0.1) is 0 Å². The van der Waals surface area contributed by atoms with Crippen molar-refractivity contribution >= 4 is 27.3 Å². The zero-order valence-corrected chi connectivity index (χ0v) is 13.2. The smallest absolute Gasteiger partial charge is 0.251 e. The van der Waals surface area contributed by atoms with Gasteiger partial charge in [-0.15, -0.1) is 0 Å². The first kappa shape index (κ1) is 15.1. The topological polar surface area (TPSA) is 63.2 Å².